The van der Waals surface area contributed by atoms with Crippen LogP contribution >= 0.6 is 15.9 Å². The Morgan fingerprint density at radius 1 is 0.774 bits per heavy atom. The molecule has 0 spiro atoms. The molecular weight excluding hydrogens is 476 g/mol. The highest BCUT2D eigenvalue weighted by Crippen LogP contribution is 2.22. The Morgan fingerprint density at radius 2 is 1.42 bits per heavy atom. The number of rotatable bonds is 4. The highest BCUT2D eigenvalue weighted by Gasteiger charge is 2.25. The van der Waals surface area contributed by atoms with Crippen molar-refractivity contribution in [2.45, 2.75) is 4.90 Å². The number of hydrogen-bond donors (Lipinski definition) is 1. The molecule has 0 amide bonds. The van der Waals surface area contributed by atoms with E-state index in [0.29, 0.717) is 16.9 Å². The summed E-state index contributed by atoms with van der Waals surface area (Å²) in [5.74, 6) is 0.548. The molecule has 1 N–H and O–H groups in total. The zero-order valence-corrected chi connectivity index (χ0v) is 18.5. The minimum absolute atomic E-state index is 0.139. The second kappa shape index (κ2) is 7.72. The second-order valence-corrected chi connectivity index (χ2v) is 9.52. The summed E-state index contributed by atoms with van der Waals surface area (Å²) in [5.41, 5.74) is 1.27. The lowest BCUT2D eigenvalue weighted by Gasteiger charge is -2.09. The number of anilines is 1. The molecule has 6 nitrogen and oxygen atoms in total. The summed E-state index contributed by atoms with van der Waals surface area (Å²) in [4.78, 5) is 9.43. The maximum Gasteiger partial charge on any atom is 0.372 e. The van der Waals surface area contributed by atoms with Crippen molar-refractivity contribution in [2.75, 3.05) is 4.72 Å². The Bertz CT molecular complexity index is 1540. The lowest BCUT2D eigenvalue weighted by molar-refractivity contribution is -0.597. The lowest BCUT2D eigenvalue weighted by atomic mass is 10.2. The fraction of sp³-hybridized carbons (Fsp3) is 0. The number of nitrogens with one attached hydrogen (secondary N) is 1. The van der Waals surface area contributed by atoms with Crippen LogP contribution in [0.2, 0.25) is 0 Å². The summed E-state index contributed by atoms with van der Waals surface area (Å²) in [6.45, 7) is 0. The van der Waals surface area contributed by atoms with Crippen LogP contribution in [0.3, 0.4) is 0 Å². The molecule has 0 aliphatic carbocycles. The topological polar surface area (TPSA) is 75.8 Å². The number of aromatic nitrogens is 3. The predicted octanol–water partition coefficient (Wildman–Crippen LogP) is 4.62. The third kappa shape index (κ3) is 3.87. The van der Waals surface area contributed by atoms with Gasteiger partial charge in [0, 0.05) is 9.86 Å². The molecule has 0 aliphatic rings. The number of pyridine rings is 1. The van der Waals surface area contributed by atoms with Gasteiger partial charge in [-0.15, -0.1) is 0 Å². The summed E-state index contributed by atoms with van der Waals surface area (Å²) in [6.07, 6.45) is 3.75. The molecule has 8 heteroatoms. The highest BCUT2D eigenvalue weighted by atomic mass is 79.9. The quantitative estimate of drug-likeness (QED) is 0.372. The minimum Gasteiger partial charge on any atom is -0.256 e. The average Bonchev–Trinajstić information content (AvgIpc) is 2.78. The maximum atomic E-state index is 13.0. The first kappa shape index (κ1) is 19.6. The fourth-order valence-corrected chi connectivity index (χ4v) is 4.57. The van der Waals surface area contributed by atoms with Gasteiger partial charge in [0.1, 0.15) is 11.7 Å². The predicted molar refractivity (Wildman–Crippen MR) is 124 cm³/mol. The molecule has 0 saturated heterocycles. The van der Waals surface area contributed by atoms with E-state index in [4.69, 9.17) is 4.98 Å². The maximum absolute atomic E-state index is 13.0. The van der Waals surface area contributed by atoms with Gasteiger partial charge in [0.15, 0.2) is 0 Å². The molecule has 0 atom stereocenters. The van der Waals surface area contributed by atoms with E-state index >= 15 is 0 Å². The smallest absolute Gasteiger partial charge is 0.256 e. The average molecular weight is 492 g/mol. The summed E-state index contributed by atoms with van der Waals surface area (Å²) < 4.78 is 31.3. The van der Waals surface area contributed by atoms with E-state index in [9.17, 15) is 8.42 Å². The SMILES string of the molecule is O=S(=O)(Nc1nc2ccccc2nc1-[n+]1ccc2ccccc2c1)c1ccc(Br)cc1. The molecule has 0 saturated carbocycles. The third-order valence-corrected chi connectivity index (χ3v) is 6.72. The van der Waals surface area contributed by atoms with E-state index in [1.54, 1.807) is 22.8 Å². The van der Waals surface area contributed by atoms with Crippen molar-refractivity contribution >= 4 is 53.6 Å². The van der Waals surface area contributed by atoms with Crippen LogP contribution in [0.1, 0.15) is 0 Å². The number of fused-ring (bicyclic) bond motifs is 2. The van der Waals surface area contributed by atoms with Gasteiger partial charge in [-0.2, -0.15) is 4.57 Å². The van der Waals surface area contributed by atoms with Crippen LogP contribution in [-0.2, 0) is 10.0 Å². The Kier molecular flexibility index (Phi) is 4.88. The molecule has 0 bridgehead atoms. The Hall–Kier alpha value is -3.36. The van der Waals surface area contributed by atoms with Crippen LogP contribution in [0.4, 0.5) is 5.82 Å². The van der Waals surface area contributed by atoms with Gasteiger partial charge in [0.05, 0.1) is 11.1 Å². The summed E-state index contributed by atoms with van der Waals surface area (Å²) in [6, 6.07) is 23.7. The molecule has 152 valence electrons. The Labute approximate surface area is 187 Å². The van der Waals surface area contributed by atoms with Gasteiger partial charge < -0.3 is 0 Å². The summed E-state index contributed by atoms with van der Waals surface area (Å²) in [5, 5.41) is 2.08. The van der Waals surface area contributed by atoms with Gasteiger partial charge in [-0.1, -0.05) is 52.3 Å². The number of nitrogens with zero attached hydrogens (tertiary/aromatic N) is 3. The molecule has 0 radical (unpaired) electrons. The van der Waals surface area contributed by atoms with Gasteiger partial charge in [-0.05, 0) is 52.8 Å². The molecule has 31 heavy (non-hydrogen) atoms. The van der Waals surface area contributed by atoms with Crippen molar-refractivity contribution in [3.63, 3.8) is 0 Å². The normalized spacial score (nSPS) is 11.6. The first-order valence-corrected chi connectivity index (χ1v) is 11.7. The molecule has 0 fully saturated rings. The summed E-state index contributed by atoms with van der Waals surface area (Å²) >= 11 is 3.33. The van der Waals surface area contributed by atoms with Gasteiger partial charge in [-0.25, -0.2) is 13.4 Å². The molecule has 0 aliphatic heterocycles. The molecule has 5 rings (SSSR count). The molecule has 2 aromatic heterocycles. The van der Waals surface area contributed by atoms with E-state index in [-0.39, 0.29) is 10.7 Å². The fourth-order valence-electron chi connectivity index (χ4n) is 3.30. The number of para-hydroxylation sites is 2. The van der Waals surface area contributed by atoms with Crippen molar-refractivity contribution in [2.24, 2.45) is 0 Å². The van der Waals surface area contributed by atoms with Crippen molar-refractivity contribution in [1.82, 2.24) is 9.97 Å². The van der Waals surface area contributed by atoms with Crippen molar-refractivity contribution in [1.29, 1.82) is 0 Å². The largest absolute Gasteiger partial charge is 0.372 e. The Morgan fingerprint density at radius 3 is 2.16 bits per heavy atom. The van der Waals surface area contributed by atoms with Gasteiger partial charge in [-0.3, -0.25) is 4.72 Å². The van der Waals surface area contributed by atoms with Gasteiger partial charge >= 0.3 is 5.82 Å². The van der Waals surface area contributed by atoms with Crippen LogP contribution in [0.5, 0.6) is 0 Å². The van der Waals surface area contributed by atoms with E-state index < -0.39 is 10.0 Å². The van der Waals surface area contributed by atoms with Crippen LogP contribution < -0.4 is 9.29 Å². The minimum atomic E-state index is -3.86. The van der Waals surface area contributed by atoms with E-state index in [2.05, 4.69) is 25.6 Å². The Balaban J connectivity index is 1.68. The zero-order valence-electron chi connectivity index (χ0n) is 16.1. The molecule has 5 aromatic rings. The first-order chi connectivity index (χ1) is 15.0. The van der Waals surface area contributed by atoms with E-state index in [0.717, 1.165) is 15.2 Å². The van der Waals surface area contributed by atoms with Crippen molar-refractivity contribution < 1.29 is 13.0 Å². The molecule has 3 aromatic carbocycles. The van der Waals surface area contributed by atoms with Crippen LogP contribution in [0.25, 0.3) is 27.6 Å². The zero-order chi connectivity index (χ0) is 21.4. The van der Waals surface area contributed by atoms with Crippen LogP contribution in [0, 0.1) is 0 Å². The number of sulfonamides is 1. The van der Waals surface area contributed by atoms with Crippen molar-refractivity contribution in [3.8, 4) is 5.82 Å². The summed E-state index contributed by atoms with van der Waals surface area (Å²) in [7, 11) is -3.86. The lowest BCUT2D eigenvalue weighted by Crippen LogP contribution is -2.33. The van der Waals surface area contributed by atoms with E-state index in [1.165, 1.54) is 12.1 Å². The van der Waals surface area contributed by atoms with E-state index in [1.807, 2.05) is 60.9 Å². The standard InChI is InChI=1S/C23H16BrN4O2S/c24-18-9-11-19(12-10-18)31(29,30)27-22-23(26-21-8-4-3-7-20(21)25-22)28-14-13-16-5-1-2-6-17(16)15-28/h1-15H,(H,25,27)/q+1. The molecular formula is C23H16BrN4O2S+. The monoisotopic (exact) mass is 491 g/mol. The highest BCUT2D eigenvalue weighted by molar-refractivity contribution is 9.10. The van der Waals surface area contributed by atoms with Gasteiger partial charge in [0.2, 0.25) is 11.3 Å². The molecule has 0 unspecified atom stereocenters. The molecule has 2 heterocycles. The second-order valence-electron chi connectivity index (χ2n) is 6.92. The van der Waals surface area contributed by atoms with Crippen molar-refractivity contribution in [3.05, 3.63) is 95.7 Å². The number of benzene rings is 3. The number of halogens is 1. The van der Waals surface area contributed by atoms with Crippen LogP contribution in [-0.4, -0.2) is 18.4 Å². The van der Waals surface area contributed by atoms with Gasteiger partial charge in [0.25, 0.3) is 10.0 Å². The number of hydrogen-bond acceptors (Lipinski definition) is 4. The first-order valence-electron chi connectivity index (χ1n) is 9.45. The third-order valence-electron chi connectivity index (χ3n) is 4.84. The van der Waals surface area contributed by atoms with Crippen LogP contribution in [0.15, 0.2) is 101 Å².